The zero-order valence-corrected chi connectivity index (χ0v) is 13.7. The first-order valence-electron chi connectivity index (χ1n) is 8.30. The molecule has 1 unspecified atom stereocenters. The summed E-state index contributed by atoms with van der Waals surface area (Å²) in [6.45, 7) is 6.65. The molecule has 2 aliphatic rings. The van der Waals surface area contributed by atoms with Gasteiger partial charge in [0, 0.05) is 12.6 Å². The van der Waals surface area contributed by atoms with Gasteiger partial charge in [-0.25, -0.2) is 4.79 Å². The van der Waals surface area contributed by atoms with Gasteiger partial charge in [-0.2, -0.15) is 0 Å². The molecule has 0 saturated carbocycles. The van der Waals surface area contributed by atoms with E-state index in [1.807, 2.05) is 25.7 Å². The van der Waals surface area contributed by atoms with Crippen LogP contribution >= 0.6 is 0 Å². The van der Waals surface area contributed by atoms with E-state index in [9.17, 15) is 4.79 Å². The van der Waals surface area contributed by atoms with Crippen LogP contribution in [0.1, 0.15) is 59.3 Å². The summed E-state index contributed by atoms with van der Waals surface area (Å²) in [5, 5.41) is 0. The van der Waals surface area contributed by atoms with Gasteiger partial charge in [0.25, 0.3) is 0 Å². The first-order valence-corrected chi connectivity index (χ1v) is 8.30. The third-order valence-corrected chi connectivity index (χ3v) is 4.16. The van der Waals surface area contributed by atoms with Gasteiger partial charge in [0.15, 0.2) is 0 Å². The Balaban J connectivity index is 1.81. The summed E-state index contributed by atoms with van der Waals surface area (Å²) in [4.78, 5) is 14.3. The normalized spacial score (nSPS) is 22.8. The molecule has 0 N–H and O–H groups in total. The molecule has 1 heterocycles. The van der Waals surface area contributed by atoms with Crippen molar-refractivity contribution >= 4 is 6.09 Å². The monoisotopic (exact) mass is 291 g/mol. The average molecular weight is 291 g/mol. The smallest absolute Gasteiger partial charge is 0.410 e. The predicted molar refractivity (Wildman–Crippen MR) is 86.2 cm³/mol. The van der Waals surface area contributed by atoms with Crippen LogP contribution in [-0.2, 0) is 4.74 Å². The minimum Gasteiger partial charge on any atom is -0.444 e. The van der Waals surface area contributed by atoms with Gasteiger partial charge in [0.2, 0.25) is 0 Å². The SMILES string of the molecule is CC(C)(C)OC(=O)N1CCCCC1CCCC1C=CC=C1. The summed E-state index contributed by atoms with van der Waals surface area (Å²) in [6, 6.07) is 0.364. The van der Waals surface area contributed by atoms with E-state index in [-0.39, 0.29) is 6.09 Å². The molecule has 1 aliphatic carbocycles. The van der Waals surface area contributed by atoms with Crippen LogP contribution in [0.2, 0.25) is 0 Å². The molecular weight excluding hydrogens is 262 g/mol. The lowest BCUT2D eigenvalue weighted by atomic mass is 9.95. The molecule has 0 spiro atoms. The van der Waals surface area contributed by atoms with Crippen LogP contribution in [0.5, 0.6) is 0 Å². The lowest BCUT2D eigenvalue weighted by Crippen LogP contribution is -2.46. The molecule has 0 bridgehead atoms. The maximum Gasteiger partial charge on any atom is 0.410 e. The number of carbonyl (C=O) groups excluding carboxylic acids is 1. The molecule has 1 amide bonds. The molecule has 3 nitrogen and oxygen atoms in total. The highest BCUT2D eigenvalue weighted by Gasteiger charge is 2.30. The third-order valence-electron chi connectivity index (χ3n) is 4.16. The maximum atomic E-state index is 12.3. The number of amides is 1. The van der Waals surface area contributed by atoms with Gasteiger partial charge in [0.1, 0.15) is 5.60 Å². The Morgan fingerprint density at radius 1 is 1.19 bits per heavy atom. The molecular formula is C18H29NO2. The number of allylic oxidation sites excluding steroid dienone is 4. The van der Waals surface area contributed by atoms with Crippen molar-refractivity contribution in [2.75, 3.05) is 6.54 Å². The number of carbonyl (C=O) groups is 1. The highest BCUT2D eigenvalue weighted by molar-refractivity contribution is 5.68. The standard InChI is InChI=1S/C18H29NO2/c1-18(2,3)21-17(20)19-14-7-6-12-16(19)13-8-11-15-9-4-5-10-15/h4-5,9-10,15-16H,6-8,11-14H2,1-3H3. The van der Waals surface area contributed by atoms with Crippen molar-refractivity contribution in [3.05, 3.63) is 24.3 Å². The Hall–Kier alpha value is -1.25. The predicted octanol–water partition coefficient (Wildman–Crippen LogP) is 4.69. The molecule has 3 heteroatoms. The molecule has 1 aliphatic heterocycles. The zero-order valence-electron chi connectivity index (χ0n) is 13.7. The van der Waals surface area contributed by atoms with Gasteiger partial charge in [-0.3, -0.25) is 0 Å². The molecule has 1 fully saturated rings. The number of ether oxygens (including phenoxy) is 1. The van der Waals surface area contributed by atoms with Crippen LogP contribution in [-0.4, -0.2) is 29.2 Å². The largest absolute Gasteiger partial charge is 0.444 e. The maximum absolute atomic E-state index is 12.3. The van der Waals surface area contributed by atoms with Crippen molar-refractivity contribution in [1.82, 2.24) is 4.90 Å². The van der Waals surface area contributed by atoms with Crippen LogP contribution in [0, 0.1) is 5.92 Å². The van der Waals surface area contributed by atoms with E-state index < -0.39 is 5.60 Å². The fraction of sp³-hybridized carbons (Fsp3) is 0.722. The van der Waals surface area contributed by atoms with Crippen molar-refractivity contribution in [1.29, 1.82) is 0 Å². The average Bonchev–Trinajstić information content (AvgIpc) is 2.90. The number of hydrogen-bond donors (Lipinski definition) is 0. The zero-order chi connectivity index (χ0) is 15.3. The first-order chi connectivity index (χ1) is 9.96. The summed E-state index contributed by atoms with van der Waals surface area (Å²) in [6.07, 6.45) is 15.5. The summed E-state index contributed by atoms with van der Waals surface area (Å²) in [7, 11) is 0. The van der Waals surface area contributed by atoms with Crippen molar-refractivity contribution in [2.24, 2.45) is 5.92 Å². The van der Waals surface area contributed by atoms with Gasteiger partial charge in [0.05, 0.1) is 0 Å². The van der Waals surface area contributed by atoms with E-state index in [1.165, 1.54) is 19.3 Å². The minimum absolute atomic E-state index is 0.132. The number of nitrogens with zero attached hydrogens (tertiary/aromatic N) is 1. The summed E-state index contributed by atoms with van der Waals surface area (Å²) in [5.41, 5.74) is -0.404. The lowest BCUT2D eigenvalue weighted by molar-refractivity contribution is 0.00856. The molecule has 1 saturated heterocycles. The van der Waals surface area contributed by atoms with Crippen LogP contribution in [0.3, 0.4) is 0 Å². The van der Waals surface area contributed by atoms with Crippen molar-refractivity contribution in [2.45, 2.75) is 70.9 Å². The highest BCUT2D eigenvalue weighted by Crippen LogP contribution is 2.25. The molecule has 21 heavy (non-hydrogen) atoms. The van der Waals surface area contributed by atoms with E-state index in [1.54, 1.807) is 0 Å². The fourth-order valence-electron chi connectivity index (χ4n) is 3.12. The highest BCUT2D eigenvalue weighted by atomic mass is 16.6. The Labute approximate surface area is 129 Å². The lowest BCUT2D eigenvalue weighted by Gasteiger charge is -2.37. The van der Waals surface area contributed by atoms with Crippen molar-refractivity contribution < 1.29 is 9.53 Å². The molecule has 0 aromatic rings. The van der Waals surface area contributed by atoms with E-state index in [2.05, 4.69) is 24.3 Å². The second kappa shape index (κ2) is 7.15. The summed E-state index contributed by atoms with van der Waals surface area (Å²) < 4.78 is 5.55. The second-order valence-electron chi connectivity index (χ2n) is 7.19. The minimum atomic E-state index is -0.404. The number of likely N-dealkylation sites (tertiary alicyclic amines) is 1. The summed E-state index contributed by atoms with van der Waals surface area (Å²) in [5.74, 6) is 0.601. The van der Waals surface area contributed by atoms with E-state index >= 15 is 0 Å². The molecule has 0 radical (unpaired) electrons. The van der Waals surface area contributed by atoms with Crippen LogP contribution in [0.15, 0.2) is 24.3 Å². The Bertz CT molecular complexity index is 394. The first kappa shape index (κ1) is 16.1. The molecule has 1 atom stereocenters. The van der Waals surface area contributed by atoms with E-state index in [4.69, 9.17) is 4.74 Å². The van der Waals surface area contributed by atoms with Crippen LogP contribution in [0.25, 0.3) is 0 Å². The number of rotatable bonds is 4. The molecule has 0 aromatic carbocycles. The molecule has 2 rings (SSSR count). The Morgan fingerprint density at radius 2 is 1.90 bits per heavy atom. The molecule has 0 aromatic heterocycles. The number of hydrogen-bond acceptors (Lipinski definition) is 2. The third kappa shape index (κ3) is 5.22. The van der Waals surface area contributed by atoms with Gasteiger partial charge in [-0.15, -0.1) is 0 Å². The van der Waals surface area contributed by atoms with E-state index in [0.717, 1.165) is 25.8 Å². The Kier molecular flexibility index (Phi) is 5.49. The number of piperidine rings is 1. The van der Waals surface area contributed by atoms with Gasteiger partial charge >= 0.3 is 6.09 Å². The second-order valence-corrected chi connectivity index (χ2v) is 7.19. The fourth-order valence-corrected chi connectivity index (χ4v) is 3.12. The van der Waals surface area contributed by atoms with Crippen molar-refractivity contribution in [3.63, 3.8) is 0 Å². The van der Waals surface area contributed by atoms with Crippen molar-refractivity contribution in [3.8, 4) is 0 Å². The topological polar surface area (TPSA) is 29.5 Å². The van der Waals surface area contributed by atoms with Crippen LogP contribution in [0.4, 0.5) is 4.79 Å². The van der Waals surface area contributed by atoms with Gasteiger partial charge in [-0.05, 0) is 58.8 Å². The Morgan fingerprint density at radius 3 is 2.57 bits per heavy atom. The van der Waals surface area contributed by atoms with Gasteiger partial charge < -0.3 is 9.64 Å². The van der Waals surface area contributed by atoms with E-state index in [0.29, 0.717) is 12.0 Å². The van der Waals surface area contributed by atoms with Gasteiger partial charge in [-0.1, -0.05) is 30.7 Å². The summed E-state index contributed by atoms with van der Waals surface area (Å²) >= 11 is 0. The quantitative estimate of drug-likeness (QED) is 0.752. The molecule has 118 valence electrons. The van der Waals surface area contributed by atoms with Crippen LogP contribution < -0.4 is 0 Å².